The van der Waals surface area contributed by atoms with Crippen LogP contribution < -0.4 is 5.32 Å². The van der Waals surface area contributed by atoms with Gasteiger partial charge in [0.15, 0.2) is 0 Å². The van der Waals surface area contributed by atoms with Crippen molar-refractivity contribution in [1.82, 2.24) is 5.32 Å². The molecule has 0 aromatic heterocycles. The summed E-state index contributed by atoms with van der Waals surface area (Å²) in [5, 5.41) is 2.87. The number of amides is 1. The van der Waals surface area contributed by atoms with Gasteiger partial charge in [-0.1, -0.05) is 35.8 Å². The number of hydrogen-bond donors (Lipinski definition) is 1. The number of rotatable bonds is 4. The fourth-order valence-electron chi connectivity index (χ4n) is 1.03. The lowest BCUT2D eigenvalue weighted by Crippen LogP contribution is -2.21. The first-order valence-corrected chi connectivity index (χ1v) is 5.49. The second-order valence-corrected chi connectivity index (χ2v) is 4.18. The van der Waals surface area contributed by atoms with Gasteiger partial charge in [-0.15, -0.1) is 0 Å². The van der Waals surface area contributed by atoms with Gasteiger partial charge in [0.05, 0.1) is 11.6 Å². The summed E-state index contributed by atoms with van der Waals surface area (Å²) < 4.78 is 12.8. The first-order chi connectivity index (χ1) is 7.99. The highest BCUT2D eigenvalue weighted by Gasteiger charge is 1.99. The predicted octanol–water partition coefficient (Wildman–Crippen LogP) is 3.36. The molecule has 0 spiro atoms. The summed E-state index contributed by atoms with van der Waals surface area (Å²) >= 11 is 11.1. The average molecular weight is 274 g/mol. The molecule has 1 aromatic carbocycles. The van der Waals surface area contributed by atoms with Crippen LogP contribution >= 0.6 is 23.2 Å². The quantitative estimate of drug-likeness (QED) is 0.838. The number of nitrogens with one attached hydrogen (secondary N) is 1. The van der Waals surface area contributed by atoms with E-state index >= 15 is 0 Å². The molecule has 1 amide bonds. The number of carbonyl (C=O) groups excluding carboxylic acids is 1. The van der Waals surface area contributed by atoms with E-state index in [1.807, 2.05) is 0 Å². The molecule has 0 atom stereocenters. The Labute approximate surface area is 109 Å². The lowest BCUT2D eigenvalue weighted by molar-refractivity contribution is -0.116. The zero-order valence-electron chi connectivity index (χ0n) is 8.84. The Balaban J connectivity index is 2.61. The molecule has 5 heteroatoms. The molecule has 0 saturated heterocycles. The van der Waals surface area contributed by atoms with Crippen LogP contribution in [0, 0.1) is 5.82 Å². The molecule has 1 N–H and O–H groups in total. The van der Waals surface area contributed by atoms with Gasteiger partial charge in [-0.25, -0.2) is 4.39 Å². The third-order valence-electron chi connectivity index (χ3n) is 1.83. The van der Waals surface area contributed by atoms with E-state index in [1.165, 1.54) is 30.4 Å². The van der Waals surface area contributed by atoms with Gasteiger partial charge in [-0.05, 0) is 23.8 Å². The Kier molecular flexibility index (Phi) is 5.19. The van der Waals surface area contributed by atoms with Crippen molar-refractivity contribution in [2.75, 3.05) is 6.54 Å². The molecule has 0 unspecified atom stereocenters. The number of hydrogen-bond acceptors (Lipinski definition) is 1. The van der Waals surface area contributed by atoms with Crippen molar-refractivity contribution < 1.29 is 9.18 Å². The van der Waals surface area contributed by atoms with Crippen molar-refractivity contribution in [1.29, 1.82) is 0 Å². The Bertz CT molecular complexity index is 472. The maximum Gasteiger partial charge on any atom is 0.244 e. The van der Waals surface area contributed by atoms with Crippen LogP contribution in [0.15, 0.2) is 35.9 Å². The summed E-state index contributed by atoms with van der Waals surface area (Å²) in [5.41, 5.74) is 0.635. The van der Waals surface area contributed by atoms with Crippen molar-refractivity contribution in [3.63, 3.8) is 0 Å². The van der Waals surface area contributed by atoms with Crippen LogP contribution in [0.1, 0.15) is 5.56 Å². The highest BCUT2D eigenvalue weighted by Crippen LogP contribution is 2.16. The average Bonchev–Trinajstić information content (AvgIpc) is 2.28. The maximum atomic E-state index is 12.8. The van der Waals surface area contributed by atoms with Gasteiger partial charge in [0, 0.05) is 11.1 Å². The van der Waals surface area contributed by atoms with Crippen LogP contribution in [0.3, 0.4) is 0 Å². The molecule has 0 aliphatic rings. The van der Waals surface area contributed by atoms with Crippen molar-refractivity contribution in [3.8, 4) is 0 Å². The topological polar surface area (TPSA) is 29.1 Å². The fourth-order valence-corrected chi connectivity index (χ4v) is 1.29. The third-order valence-corrected chi connectivity index (χ3v) is 2.25. The standard InChI is InChI=1S/C12H10Cl2FNO/c1-8(13)7-16-12(17)5-3-9-2-4-11(15)10(14)6-9/h2-6H,1,7H2,(H,16,17)/b5-3+. The minimum Gasteiger partial charge on any atom is -0.348 e. The molecule has 0 aliphatic heterocycles. The van der Waals surface area contributed by atoms with Crippen molar-refractivity contribution in [2.24, 2.45) is 0 Å². The van der Waals surface area contributed by atoms with Crippen LogP contribution in [-0.4, -0.2) is 12.5 Å². The van der Waals surface area contributed by atoms with E-state index in [1.54, 1.807) is 0 Å². The van der Waals surface area contributed by atoms with E-state index in [4.69, 9.17) is 23.2 Å². The SMILES string of the molecule is C=C(Cl)CNC(=O)/C=C/c1ccc(F)c(Cl)c1. The van der Waals surface area contributed by atoms with Crippen LogP contribution in [-0.2, 0) is 4.79 Å². The molecule has 0 saturated carbocycles. The van der Waals surface area contributed by atoms with Gasteiger partial charge < -0.3 is 5.32 Å². The first kappa shape index (κ1) is 13.7. The van der Waals surface area contributed by atoms with Crippen LogP contribution in [0.4, 0.5) is 4.39 Å². The molecule has 0 bridgehead atoms. The molecule has 17 heavy (non-hydrogen) atoms. The zero-order chi connectivity index (χ0) is 12.8. The van der Waals surface area contributed by atoms with Crippen LogP contribution in [0.5, 0.6) is 0 Å². The zero-order valence-corrected chi connectivity index (χ0v) is 10.4. The lowest BCUT2D eigenvalue weighted by atomic mass is 10.2. The van der Waals surface area contributed by atoms with Gasteiger partial charge >= 0.3 is 0 Å². The molecule has 1 rings (SSSR count). The van der Waals surface area contributed by atoms with Gasteiger partial charge in [-0.2, -0.15) is 0 Å². The normalized spacial score (nSPS) is 10.5. The predicted molar refractivity (Wildman–Crippen MR) is 68.4 cm³/mol. The largest absolute Gasteiger partial charge is 0.348 e. The second-order valence-electron chi connectivity index (χ2n) is 3.24. The molecule has 0 radical (unpaired) electrons. The fraction of sp³-hybridized carbons (Fsp3) is 0.0833. The highest BCUT2D eigenvalue weighted by molar-refractivity contribution is 6.30. The van der Waals surface area contributed by atoms with Crippen molar-refractivity contribution in [3.05, 3.63) is 52.3 Å². The van der Waals surface area contributed by atoms with E-state index < -0.39 is 5.82 Å². The van der Waals surface area contributed by atoms with Crippen molar-refractivity contribution in [2.45, 2.75) is 0 Å². The molecule has 1 aromatic rings. The molecule has 2 nitrogen and oxygen atoms in total. The molecular formula is C12H10Cl2FNO. The van der Waals surface area contributed by atoms with E-state index in [0.717, 1.165) is 0 Å². The summed E-state index contributed by atoms with van der Waals surface area (Å²) in [6.07, 6.45) is 2.83. The van der Waals surface area contributed by atoms with E-state index in [9.17, 15) is 9.18 Å². The number of carbonyl (C=O) groups is 1. The minimum absolute atomic E-state index is 0.0155. The van der Waals surface area contributed by atoms with E-state index in [-0.39, 0.29) is 17.5 Å². The molecule has 0 fully saturated rings. The number of halogens is 3. The summed E-state index contributed by atoms with van der Waals surface area (Å²) in [4.78, 5) is 11.3. The Morgan fingerprint density at radius 3 is 2.82 bits per heavy atom. The molecule has 0 heterocycles. The van der Waals surface area contributed by atoms with Crippen LogP contribution in [0.25, 0.3) is 6.08 Å². The molecule has 0 aliphatic carbocycles. The Morgan fingerprint density at radius 1 is 1.53 bits per heavy atom. The minimum atomic E-state index is -0.494. The highest BCUT2D eigenvalue weighted by atomic mass is 35.5. The summed E-state index contributed by atoms with van der Waals surface area (Å²) in [5.74, 6) is -0.807. The van der Waals surface area contributed by atoms with Gasteiger partial charge in [-0.3, -0.25) is 4.79 Å². The summed E-state index contributed by atoms with van der Waals surface area (Å²) in [6.45, 7) is 3.64. The third kappa shape index (κ3) is 5.02. The first-order valence-electron chi connectivity index (χ1n) is 4.73. The second kappa shape index (κ2) is 6.42. The van der Waals surface area contributed by atoms with Gasteiger partial charge in [0.1, 0.15) is 5.82 Å². The van der Waals surface area contributed by atoms with Crippen LogP contribution in [0.2, 0.25) is 5.02 Å². The number of benzene rings is 1. The van der Waals surface area contributed by atoms with Gasteiger partial charge in [0.2, 0.25) is 5.91 Å². The van der Waals surface area contributed by atoms with Gasteiger partial charge in [0.25, 0.3) is 0 Å². The lowest BCUT2D eigenvalue weighted by Gasteiger charge is -1.99. The summed E-state index contributed by atoms with van der Waals surface area (Å²) in [6, 6.07) is 4.19. The monoisotopic (exact) mass is 273 g/mol. The molecule has 90 valence electrons. The van der Waals surface area contributed by atoms with E-state index in [2.05, 4.69) is 11.9 Å². The maximum absolute atomic E-state index is 12.8. The smallest absolute Gasteiger partial charge is 0.244 e. The Morgan fingerprint density at radius 2 is 2.24 bits per heavy atom. The van der Waals surface area contributed by atoms with E-state index in [0.29, 0.717) is 10.6 Å². The van der Waals surface area contributed by atoms with Crippen molar-refractivity contribution >= 4 is 35.2 Å². The molecular weight excluding hydrogens is 264 g/mol. The Hall–Kier alpha value is -1.32. The summed E-state index contributed by atoms with van der Waals surface area (Å²) in [7, 11) is 0.